The number of rotatable bonds is 6. The molecule has 1 aliphatic heterocycles. The van der Waals surface area contributed by atoms with Crippen molar-refractivity contribution < 1.29 is 9.59 Å². The number of carbonyl (C=O) groups excluding carboxylic acids is 2. The van der Waals surface area contributed by atoms with Gasteiger partial charge in [0.2, 0.25) is 11.0 Å². The Balaban J connectivity index is 1.95. The lowest BCUT2D eigenvalue weighted by Crippen LogP contribution is -2.47. The van der Waals surface area contributed by atoms with Gasteiger partial charge in [-0.15, -0.1) is 0 Å². The van der Waals surface area contributed by atoms with Crippen molar-refractivity contribution in [3.8, 4) is 0 Å². The molecule has 2 rings (SSSR count). The molecule has 1 aromatic heterocycles. The van der Waals surface area contributed by atoms with E-state index < -0.39 is 0 Å². The zero-order chi connectivity index (χ0) is 16.7. The molecule has 1 unspecified atom stereocenters. The topological polar surface area (TPSA) is 87.2 Å². The average Bonchev–Trinajstić information content (AvgIpc) is 2.95. The zero-order valence-electron chi connectivity index (χ0n) is 13.8. The maximum absolute atomic E-state index is 12.5. The summed E-state index contributed by atoms with van der Waals surface area (Å²) in [6, 6.07) is -0.225. The van der Waals surface area contributed by atoms with Gasteiger partial charge in [0.05, 0.1) is 0 Å². The number of carbonyl (C=O) groups is 2. The largest absolute Gasteiger partial charge is 0.356 e. The van der Waals surface area contributed by atoms with E-state index in [1.807, 2.05) is 6.92 Å². The minimum atomic E-state index is -0.182. The number of hydrogen-bond acceptors (Lipinski definition) is 5. The Morgan fingerprint density at radius 3 is 2.91 bits per heavy atom. The van der Waals surface area contributed by atoms with Crippen LogP contribution >= 0.6 is 11.5 Å². The van der Waals surface area contributed by atoms with Crippen LogP contribution in [0.4, 0.5) is 9.93 Å². The molecule has 8 heteroatoms. The van der Waals surface area contributed by atoms with Crippen molar-refractivity contribution in [2.45, 2.75) is 58.4 Å². The van der Waals surface area contributed by atoms with Crippen LogP contribution in [0.3, 0.4) is 0 Å². The van der Waals surface area contributed by atoms with Crippen LogP contribution in [0.15, 0.2) is 0 Å². The second-order valence-corrected chi connectivity index (χ2v) is 6.45. The van der Waals surface area contributed by atoms with Crippen LogP contribution in [0.1, 0.15) is 51.8 Å². The summed E-state index contributed by atoms with van der Waals surface area (Å²) in [5, 5.41) is 6.16. The summed E-state index contributed by atoms with van der Waals surface area (Å²) in [5.41, 5.74) is 0. The van der Waals surface area contributed by atoms with E-state index in [4.69, 9.17) is 0 Å². The summed E-state index contributed by atoms with van der Waals surface area (Å²) in [5.74, 6) is 0.767. The molecule has 23 heavy (non-hydrogen) atoms. The van der Waals surface area contributed by atoms with Gasteiger partial charge in [0.25, 0.3) is 0 Å². The van der Waals surface area contributed by atoms with E-state index in [0.29, 0.717) is 24.6 Å². The first-order chi connectivity index (χ1) is 11.1. The van der Waals surface area contributed by atoms with Gasteiger partial charge in [-0.3, -0.25) is 10.1 Å². The molecule has 0 aromatic carbocycles. The maximum Gasteiger partial charge on any atom is 0.323 e. The maximum atomic E-state index is 12.5. The molecule has 1 atom stereocenters. The summed E-state index contributed by atoms with van der Waals surface area (Å²) >= 11 is 1.21. The van der Waals surface area contributed by atoms with E-state index in [2.05, 4.69) is 26.9 Å². The van der Waals surface area contributed by atoms with Crippen LogP contribution in [0.2, 0.25) is 0 Å². The lowest BCUT2D eigenvalue weighted by molar-refractivity contribution is -0.122. The molecule has 0 bridgehead atoms. The summed E-state index contributed by atoms with van der Waals surface area (Å²) in [4.78, 5) is 30.4. The number of hydrogen-bond donors (Lipinski definition) is 2. The number of piperidine rings is 1. The number of amides is 3. The lowest BCUT2D eigenvalue weighted by atomic mass is 9.99. The third-order valence-corrected chi connectivity index (χ3v) is 4.51. The Morgan fingerprint density at radius 1 is 1.35 bits per heavy atom. The minimum Gasteiger partial charge on any atom is -0.356 e. The molecule has 3 amide bonds. The summed E-state index contributed by atoms with van der Waals surface area (Å²) in [6.45, 7) is 5.25. The number of nitrogens with zero attached hydrogens (tertiary/aromatic N) is 3. The van der Waals surface area contributed by atoms with Crippen molar-refractivity contribution in [3.05, 3.63) is 5.82 Å². The molecular weight excluding hydrogens is 314 g/mol. The van der Waals surface area contributed by atoms with Gasteiger partial charge in [0.1, 0.15) is 5.82 Å². The van der Waals surface area contributed by atoms with Crippen LogP contribution in [-0.4, -0.2) is 45.3 Å². The smallest absolute Gasteiger partial charge is 0.323 e. The highest BCUT2D eigenvalue weighted by Gasteiger charge is 2.28. The monoisotopic (exact) mass is 339 g/mol. The van der Waals surface area contributed by atoms with Crippen LogP contribution in [0, 0.1) is 0 Å². The molecule has 2 N–H and O–H groups in total. The molecule has 7 nitrogen and oxygen atoms in total. The number of aromatic nitrogens is 2. The molecule has 0 aliphatic carbocycles. The Kier molecular flexibility index (Phi) is 6.76. The van der Waals surface area contributed by atoms with Crippen LogP contribution in [0.5, 0.6) is 0 Å². The summed E-state index contributed by atoms with van der Waals surface area (Å²) in [6.07, 6.45) is 5.03. The number of anilines is 1. The molecular formula is C15H25N5O2S. The highest BCUT2D eigenvalue weighted by molar-refractivity contribution is 7.09. The molecule has 0 radical (unpaired) electrons. The Morgan fingerprint density at radius 2 is 2.17 bits per heavy atom. The van der Waals surface area contributed by atoms with Crippen LogP contribution < -0.4 is 10.6 Å². The van der Waals surface area contributed by atoms with E-state index in [0.717, 1.165) is 37.9 Å². The van der Waals surface area contributed by atoms with E-state index in [-0.39, 0.29) is 18.0 Å². The van der Waals surface area contributed by atoms with Gasteiger partial charge < -0.3 is 10.2 Å². The number of urea groups is 1. The normalized spacial score (nSPS) is 17.8. The van der Waals surface area contributed by atoms with Crippen molar-refractivity contribution in [1.82, 2.24) is 19.6 Å². The second kappa shape index (κ2) is 8.81. The Bertz CT molecular complexity index is 534. The van der Waals surface area contributed by atoms with Gasteiger partial charge in [0, 0.05) is 43.5 Å². The first-order valence-corrected chi connectivity index (χ1v) is 9.08. The van der Waals surface area contributed by atoms with Gasteiger partial charge in [-0.2, -0.15) is 4.37 Å². The van der Waals surface area contributed by atoms with Crippen molar-refractivity contribution in [2.24, 2.45) is 0 Å². The number of aryl methyl sites for hydroxylation is 1. The number of nitrogens with one attached hydrogen (secondary N) is 2. The van der Waals surface area contributed by atoms with E-state index in [1.165, 1.54) is 11.5 Å². The van der Waals surface area contributed by atoms with E-state index in [9.17, 15) is 9.59 Å². The molecule has 0 saturated carbocycles. The second-order valence-electron chi connectivity index (χ2n) is 5.70. The fourth-order valence-corrected chi connectivity index (χ4v) is 3.36. The fraction of sp³-hybridized carbons (Fsp3) is 0.733. The van der Waals surface area contributed by atoms with Gasteiger partial charge in [-0.05, 0) is 32.6 Å². The third-order valence-electron chi connectivity index (χ3n) is 3.84. The summed E-state index contributed by atoms with van der Waals surface area (Å²) in [7, 11) is 0. The average molecular weight is 339 g/mol. The molecule has 2 heterocycles. The number of likely N-dealkylation sites (tertiary alicyclic amines) is 1. The van der Waals surface area contributed by atoms with Gasteiger partial charge >= 0.3 is 6.03 Å². The van der Waals surface area contributed by atoms with Crippen molar-refractivity contribution in [3.63, 3.8) is 0 Å². The van der Waals surface area contributed by atoms with E-state index in [1.54, 1.807) is 4.90 Å². The predicted octanol–water partition coefficient (Wildman–Crippen LogP) is 2.40. The SMILES string of the molecule is CCCc1nsc(NC(=O)N2CCCCC2CC(=O)NCC)n1. The molecule has 1 fully saturated rings. The van der Waals surface area contributed by atoms with Gasteiger partial charge in [-0.1, -0.05) is 6.92 Å². The highest BCUT2D eigenvalue weighted by Crippen LogP contribution is 2.21. The fourth-order valence-electron chi connectivity index (χ4n) is 2.76. The van der Waals surface area contributed by atoms with E-state index >= 15 is 0 Å². The summed E-state index contributed by atoms with van der Waals surface area (Å²) < 4.78 is 4.23. The standard InChI is InChI=1S/C15H25N5O2S/c1-3-7-12-17-14(23-19-12)18-15(22)20-9-6-5-8-11(20)10-13(21)16-4-2/h11H,3-10H2,1-2H3,(H,16,21)(H,17,18,19,22). The molecule has 1 saturated heterocycles. The lowest BCUT2D eigenvalue weighted by Gasteiger charge is -2.35. The van der Waals surface area contributed by atoms with Crippen molar-refractivity contribution >= 4 is 28.6 Å². The van der Waals surface area contributed by atoms with Crippen molar-refractivity contribution in [2.75, 3.05) is 18.4 Å². The van der Waals surface area contributed by atoms with Crippen LogP contribution in [-0.2, 0) is 11.2 Å². The van der Waals surface area contributed by atoms with Crippen LogP contribution in [0.25, 0.3) is 0 Å². The quantitative estimate of drug-likeness (QED) is 0.833. The zero-order valence-corrected chi connectivity index (χ0v) is 14.6. The van der Waals surface area contributed by atoms with Gasteiger partial charge in [-0.25, -0.2) is 9.78 Å². The Hall–Kier alpha value is -1.70. The van der Waals surface area contributed by atoms with Crippen molar-refractivity contribution in [1.29, 1.82) is 0 Å². The highest BCUT2D eigenvalue weighted by atomic mass is 32.1. The molecule has 1 aliphatic rings. The minimum absolute atomic E-state index is 0.00153. The molecule has 1 aromatic rings. The molecule has 128 valence electrons. The first-order valence-electron chi connectivity index (χ1n) is 8.31. The third kappa shape index (κ3) is 5.16. The first kappa shape index (κ1) is 17.7. The Labute approximate surface area is 141 Å². The molecule has 0 spiro atoms. The van der Waals surface area contributed by atoms with Gasteiger partial charge in [0.15, 0.2) is 0 Å². The predicted molar refractivity (Wildman–Crippen MR) is 90.6 cm³/mol.